The van der Waals surface area contributed by atoms with Crippen LogP contribution < -0.4 is 0 Å². The fraction of sp³-hybridized carbons (Fsp3) is 0.400. The Kier molecular flexibility index (Phi) is 4.31. The molecule has 3 aromatic rings. The van der Waals surface area contributed by atoms with Crippen molar-refractivity contribution in [3.8, 4) is 0 Å². The van der Waals surface area contributed by atoms with Gasteiger partial charge in [0.15, 0.2) is 11.5 Å². The molecule has 1 atom stereocenters. The van der Waals surface area contributed by atoms with Gasteiger partial charge in [0.1, 0.15) is 0 Å². The summed E-state index contributed by atoms with van der Waals surface area (Å²) in [6.45, 7) is 6.84. The molecule has 0 radical (unpaired) electrons. The number of fused-ring (bicyclic) bond motifs is 1. The summed E-state index contributed by atoms with van der Waals surface area (Å²) in [5.74, 6) is 0.679. The van der Waals surface area contributed by atoms with Crippen molar-refractivity contribution in [1.82, 2.24) is 18.9 Å². The lowest BCUT2D eigenvalue weighted by Crippen LogP contribution is -2.31. The lowest BCUT2D eigenvalue weighted by atomic mass is 9.87. The zero-order valence-electron chi connectivity index (χ0n) is 15.8. The number of hydrogen-bond donors (Lipinski definition) is 0. The van der Waals surface area contributed by atoms with Crippen molar-refractivity contribution in [3.05, 3.63) is 60.0 Å². The molecule has 0 bridgehead atoms. The van der Waals surface area contributed by atoms with Crippen LogP contribution in [0.15, 0.2) is 53.6 Å². The van der Waals surface area contributed by atoms with Gasteiger partial charge in [0.2, 0.25) is 10.0 Å². The molecule has 0 saturated carbocycles. The number of rotatable bonds is 3. The number of nitrogens with zero attached hydrogens (tertiary/aromatic N) is 4. The molecule has 0 spiro atoms. The molecule has 1 unspecified atom stereocenters. The van der Waals surface area contributed by atoms with Gasteiger partial charge in [-0.2, -0.15) is 4.31 Å². The molecular formula is C20H24N4O2S. The SMILES string of the molecule is CC(C)(C)c1ccc(S(=O)(=O)N2CCCC2c2nnc3ccccn23)cc1. The molecule has 3 heterocycles. The van der Waals surface area contributed by atoms with Crippen molar-refractivity contribution in [3.63, 3.8) is 0 Å². The Bertz CT molecular complexity index is 1070. The van der Waals surface area contributed by atoms with Crippen molar-refractivity contribution in [2.75, 3.05) is 6.54 Å². The highest BCUT2D eigenvalue weighted by atomic mass is 32.2. The number of aromatic nitrogens is 3. The zero-order chi connectivity index (χ0) is 19.2. The Morgan fingerprint density at radius 2 is 1.78 bits per heavy atom. The van der Waals surface area contributed by atoms with Crippen LogP contribution in [-0.4, -0.2) is 33.9 Å². The summed E-state index contributed by atoms with van der Waals surface area (Å²) in [5, 5.41) is 8.47. The van der Waals surface area contributed by atoms with Gasteiger partial charge in [0.25, 0.3) is 0 Å². The van der Waals surface area contributed by atoms with Crippen molar-refractivity contribution < 1.29 is 8.42 Å². The first-order chi connectivity index (χ1) is 12.8. The van der Waals surface area contributed by atoms with Crippen molar-refractivity contribution >= 4 is 15.7 Å². The van der Waals surface area contributed by atoms with Crippen LogP contribution >= 0.6 is 0 Å². The highest BCUT2D eigenvalue weighted by Gasteiger charge is 2.38. The molecular weight excluding hydrogens is 360 g/mol. The van der Waals surface area contributed by atoms with Gasteiger partial charge in [-0.15, -0.1) is 10.2 Å². The first-order valence-corrected chi connectivity index (χ1v) is 10.6. The van der Waals surface area contributed by atoms with Gasteiger partial charge in [-0.05, 0) is 48.1 Å². The summed E-state index contributed by atoms with van der Waals surface area (Å²) in [4.78, 5) is 0.330. The Morgan fingerprint density at radius 1 is 1.04 bits per heavy atom. The molecule has 0 amide bonds. The van der Waals surface area contributed by atoms with Gasteiger partial charge >= 0.3 is 0 Å². The Hall–Kier alpha value is -2.25. The molecule has 1 saturated heterocycles. The summed E-state index contributed by atoms with van der Waals surface area (Å²) >= 11 is 0. The average molecular weight is 385 g/mol. The van der Waals surface area contributed by atoms with Gasteiger partial charge in [0.05, 0.1) is 10.9 Å². The third-order valence-corrected chi connectivity index (χ3v) is 7.09. The smallest absolute Gasteiger partial charge is 0.243 e. The number of sulfonamides is 1. The maximum atomic E-state index is 13.3. The van der Waals surface area contributed by atoms with Crippen LogP contribution in [0, 0.1) is 0 Å². The molecule has 27 heavy (non-hydrogen) atoms. The molecule has 0 aliphatic carbocycles. The second kappa shape index (κ2) is 6.42. The number of benzene rings is 1. The monoisotopic (exact) mass is 384 g/mol. The minimum absolute atomic E-state index is 0.0150. The highest BCUT2D eigenvalue weighted by molar-refractivity contribution is 7.89. The molecule has 142 valence electrons. The largest absolute Gasteiger partial charge is 0.285 e. The molecule has 7 heteroatoms. The van der Waals surface area contributed by atoms with Crippen LogP contribution in [0.2, 0.25) is 0 Å². The molecule has 1 aromatic carbocycles. The fourth-order valence-electron chi connectivity index (χ4n) is 3.64. The predicted molar refractivity (Wildman–Crippen MR) is 104 cm³/mol. The van der Waals surface area contributed by atoms with E-state index in [1.807, 2.05) is 40.9 Å². The Balaban J connectivity index is 1.70. The quantitative estimate of drug-likeness (QED) is 0.692. The van der Waals surface area contributed by atoms with Crippen LogP contribution in [0.4, 0.5) is 0 Å². The lowest BCUT2D eigenvalue weighted by molar-refractivity contribution is 0.381. The van der Waals surface area contributed by atoms with Crippen LogP contribution in [0.25, 0.3) is 5.65 Å². The van der Waals surface area contributed by atoms with Gasteiger partial charge in [0, 0.05) is 12.7 Å². The van der Waals surface area contributed by atoms with E-state index >= 15 is 0 Å². The molecule has 2 aromatic heterocycles. The summed E-state index contributed by atoms with van der Waals surface area (Å²) in [6, 6.07) is 12.6. The highest BCUT2D eigenvalue weighted by Crippen LogP contribution is 2.36. The first-order valence-electron chi connectivity index (χ1n) is 9.20. The second-order valence-corrected chi connectivity index (χ2v) is 9.93. The number of hydrogen-bond acceptors (Lipinski definition) is 4. The van der Waals surface area contributed by atoms with E-state index in [0.717, 1.165) is 24.1 Å². The minimum Gasteiger partial charge on any atom is -0.285 e. The minimum atomic E-state index is -3.59. The van der Waals surface area contributed by atoms with Crippen molar-refractivity contribution in [1.29, 1.82) is 0 Å². The summed E-state index contributed by atoms with van der Waals surface area (Å²) < 4.78 is 30.1. The second-order valence-electron chi connectivity index (χ2n) is 8.04. The van der Waals surface area contributed by atoms with Gasteiger partial charge in [-0.3, -0.25) is 4.40 Å². The van der Waals surface area contributed by atoms with Crippen LogP contribution in [0.1, 0.15) is 51.0 Å². The van der Waals surface area contributed by atoms with Gasteiger partial charge in [-0.25, -0.2) is 8.42 Å². The van der Waals surface area contributed by atoms with Gasteiger partial charge in [-0.1, -0.05) is 39.0 Å². The van der Waals surface area contributed by atoms with E-state index in [4.69, 9.17) is 0 Å². The van der Waals surface area contributed by atoms with E-state index in [-0.39, 0.29) is 11.5 Å². The van der Waals surface area contributed by atoms with E-state index in [1.165, 1.54) is 0 Å². The molecule has 6 nitrogen and oxygen atoms in total. The molecule has 4 rings (SSSR count). The number of pyridine rings is 1. The summed E-state index contributed by atoms with van der Waals surface area (Å²) in [6.07, 6.45) is 3.44. The average Bonchev–Trinajstić information content (AvgIpc) is 3.28. The van der Waals surface area contributed by atoms with Crippen molar-refractivity contribution in [2.45, 2.75) is 50.0 Å². The van der Waals surface area contributed by atoms with E-state index in [1.54, 1.807) is 16.4 Å². The van der Waals surface area contributed by atoms with E-state index in [2.05, 4.69) is 31.0 Å². The predicted octanol–water partition coefficient (Wildman–Crippen LogP) is 3.55. The van der Waals surface area contributed by atoms with Gasteiger partial charge < -0.3 is 0 Å². The third-order valence-electron chi connectivity index (χ3n) is 5.17. The zero-order valence-corrected chi connectivity index (χ0v) is 16.6. The van der Waals surface area contributed by atoms with Crippen molar-refractivity contribution in [2.24, 2.45) is 0 Å². The van der Waals surface area contributed by atoms with E-state index in [0.29, 0.717) is 17.3 Å². The van der Waals surface area contributed by atoms with Crippen LogP contribution in [0.3, 0.4) is 0 Å². The molecule has 0 N–H and O–H groups in total. The Morgan fingerprint density at radius 3 is 2.48 bits per heavy atom. The summed E-state index contributed by atoms with van der Waals surface area (Å²) in [7, 11) is -3.59. The maximum Gasteiger partial charge on any atom is 0.243 e. The molecule has 1 aliphatic rings. The summed E-state index contributed by atoms with van der Waals surface area (Å²) in [5.41, 5.74) is 1.83. The fourth-order valence-corrected chi connectivity index (χ4v) is 5.29. The topological polar surface area (TPSA) is 67.6 Å². The normalized spacial score (nSPS) is 19.0. The third kappa shape index (κ3) is 3.15. The lowest BCUT2D eigenvalue weighted by Gasteiger charge is -2.24. The molecule has 1 aliphatic heterocycles. The van der Waals surface area contributed by atoms with Crippen LogP contribution in [0.5, 0.6) is 0 Å². The van der Waals surface area contributed by atoms with Crippen LogP contribution in [-0.2, 0) is 15.4 Å². The maximum absolute atomic E-state index is 13.3. The standard InChI is InChI=1S/C20H24N4O2S/c1-20(2,3)15-9-11-16(12-10-15)27(25,26)24-14-6-7-17(24)19-22-21-18-8-4-5-13-23(18)19/h4-5,8-13,17H,6-7,14H2,1-3H3. The Labute approximate surface area is 159 Å². The first kappa shape index (κ1) is 18.1. The van der Waals surface area contributed by atoms with E-state index in [9.17, 15) is 8.42 Å². The van der Waals surface area contributed by atoms with E-state index < -0.39 is 10.0 Å². The molecule has 1 fully saturated rings.